The van der Waals surface area contributed by atoms with Gasteiger partial charge in [0.2, 0.25) is 5.91 Å². The van der Waals surface area contributed by atoms with Crippen molar-refractivity contribution in [3.8, 4) is 0 Å². The van der Waals surface area contributed by atoms with Crippen molar-refractivity contribution in [2.45, 2.75) is 326 Å². The Labute approximate surface area is 449 Å². The maximum absolute atomic E-state index is 13.1. The first-order valence-electron chi connectivity index (χ1n) is 31.0. The Bertz CT molecular complexity index is 1330. The van der Waals surface area contributed by atoms with Crippen molar-refractivity contribution in [2.75, 3.05) is 13.2 Å². The summed E-state index contributed by atoms with van der Waals surface area (Å²) in [5.74, 6) is -0.149. The number of aliphatic hydroxyl groups excluding tert-OH is 5. The summed E-state index contributed by atoms with van der Waals surface area (Å²) >= 11 is 0. The molecule has 9 heteroatoms. The van der Waals surface area contributed by atoms with Gasteiger partial charge in [-0.05, 0) is 57.8 Å². The summed E-state index contributed by atoms with van der Waals surface area (Å²) in [6.07, 6.45) is 65.4. The van der Waals surface area contributed by atoms with E-state index in [1.54, 1.807) is 0 Å². The molecule has 0 saturated carbocycles. The molecule has 6 N–H and O–H groups in total. The summed E-state index contributed by atoms with van der Waals surface area (Å²) in [7, 11) is 0. The van der Waals surface area contributed by atoms with Crippen LogP contribution in [0.25, 0.3) is 0 Å². The lowest BCUT2D eigenvalue weighted by molar-refractivity contribution is -0.302. The van der Waals surface area contributed by atoms with E-state index in [9.17, 15) is 30.3 Å². The van der Waals surface area contributed by atoms with Crippen molar-refractivity contribution in [1.82, 2.24) is 5.32 Å². The lowest BCUT2D eigenvalue weighted by atomic mass is 9.99. The van der Waals surface area contributed by atoms with Crippen LogP contribution in [-0.4, -0.2) is 87.5 Å². The lowest BCUT2D eigenvalue weighted by Gasteiger charge is -2.40. The van der Waals surface area contributed by atoms with Crippen LogP contribution in [0.5, 0.6) is 0 Å². The molecule has 9 nitrogen and oxygen atoms in total. The second-order valence-corrected chi connectivity index (χ2v) is 21.5. The van der Waals surface area contributed by atoms with Gasteiger partial charge in [0.05, 0.1) is 25.4 Å². The summed E-state index contributed by atoms with van der Waals surface area (Å²) in [6.45, 7) is 3.75. The fourth-order valence-electron chi connectivity index (χ4n) is 9.78. The summed E-state index contributed by atoms with van der Waals surface area (Å²) in [4.78, 5) is 13.1. The summed E-state index contributed by atoms with van der Waals surface area (Å²) in [5, 5.41) is 54.8. The van der Waals surface area contributed by atoms with Crippen molar-refractivity contribution in [1.29, 1.82) is 0 Å². The molecule has 1 saturated heterocycles. The van der Waals surface area contributed by atoms with Crippen molar-refractivity contribution >= 4 is 5.91 Å². The van der Waals surface area contributed by atoms with Crippen molar-refractivity contribution in [3.63, 3.8) is 0 Å². The molecule has 0 radical (unpaired) electrons. The van der Waals surface area contributed by atoms with E-state index in [2.05, 4.69) is 79.9 Å². The molecule has 0 aromatic rings. The summed E-state index contributed by atoms with van der Waals surface area (Å²) in [5.41, 5.74) is 0. The van der Waals surface area contributed by atoms with Crippen LogP contribution in [0.3, 0.4) is 0 Å². The van der Waals surface area contributed by atoms with Gasteiger partial charge < -0.3 is 40.3 Å². The third kappa shape index (κ3) is 42.7. The third-order valence-electron chi connectivity index (χ3n) is 14.6. The van der Waals surface area contributed by atoms with Crippen molar-refractivity contribution in [3.05, 3.63) is 60.8 Å². The second kappa shape index (κ2) is 53.3. The normalized spacial score (nSPS) is 19.5. The number of nitrogens with one attached hydrogen (secondary N) is 1. The molecular weight excluding hydrogens is 911 g/mol. The van der Waals surface area contributed by atoms with Gasteiger partial charge in [0.25, 0.3) is 0 Å². The van der Waals surface area contributed by atoms with Gasteiger partial charge in [-0.2, -0.15) is 0 Å². The van der Waals surface area contributed by atoms with Gasteiger partial charge in [-0.15, -0.1) is 0 Å². The Hall–Kier alpha value is -2.11. The van der Waals surface area contributed by atoms with E-state index in [0.29, 0.717) is 12.8 Å². The van der Waals surface area contributed by atoms with Crippen molar-refractivity contribution < 1.29 is 39.8 Å². The number of amides is 1. The SMILES string of the molecule is CC/C=C\C/C=C\C/C=C\C/C=C\C/C=C\CCCCCCCCCCCC(=O)NC(COC1OC(CO)C(O)C(O)C1O)C(O)CCCCCCCCCCCCCCCCCCCCCCCCCCC. The monoisotopic (exact) mass is 1030 g/mol. The number of hydrogen-bond donors (Lipinski definition) is 6. The van der Waals surface area contributed by atoms with E-state index in [0.717, 1.165) is 77.0 Å². The highest BCUT2D eigenvalue weighted by Crippen LogP contribution is 2.23. The van der Waals surface area contributed by atoms with Crippen LogP contribution >= 0.6 is 0 Å². The van der Waals surface area contributed by atoms with Crippen LogP contribution in [0.2, 0.25) is 0 Å². The van der Waals surface area contributed by atoms with Gasteiger partial charge >= 0.3 is 0 Å². The van der Waals surface area contributed by atoms with Gasteiger partial charge in [0, 0.05) is 6.42 Å². The van der Waals surface area contributed by atoms with E-state index < -0.39 is 49.5 Å². The molecule has 0 aromatic carbocycles. The molecule has 0 aromatic heterocycles. The van der Waals surface area contributed by atoms with E-state index in [1.807, 2.05) is 0 Å². The Morgan fingerprint density at radius 3 is 1.26 bits per heavy atom. The zero-order valence-corrected chi connectivity index (χ0v) is 47.4. The molecule has 73 heavy (non-hydrogen) atoms. The third-order valence-corrected chi connectivity index (χ3v) is 14.6. The van der Waals surface area contributed by atoms with E-state index in [4.69, 9.17) is 9.47 Å². The maximum Gasteiger partial charge on any atom is 0.220 e. The topological polar surface area (TPSA) is 149 Å². The maximum atomic E-state index is 13.1. The quantitative estimate of drug-likeness (QED) is 0.0261. The van der Waals surface area contributed by atoms with Gasteiger partial charge in [0.1, 0.15) is 24.4 Å². The first-order chi connectivity index (χ1) is 35.8. The van der Waals surface area contributed by atoms with Gasteiger partial charge in [-0.25, -0.2) is 0 Å². The summed E-state index contributed by atoms with van der Waals surface area (Å²) < 4.78 is 11.3. The first-order valence-corrected chi connectivity index (χ1v) is 31.0. The van der Waals surface area contributed by atoms with E-state index >= 15 is 0 Å². The van der Waals surface area contributed by atoms with Gasteiger partial charge in [0.15, 0.2) is 6.29 Å². The Morgan fingerprint density at radius 1 is 0.479 bits per heavy atom. The molecule has 0 bridgehead atoms. The number of hydrogen-bond acceptors (Lipinski definition) is 8. The Kier molecular flexibility index (Phi) is 50.3. The lowest BCUT2D eigenvalue weighted by Crippen LogP contribution is -2.60. The molecule has 7 atom stereocenters. The average Bonchev–Trinajstić information content (AvgIpc) is 3.39. The number of unbranched alkanes of at least 4 members (excludes halogenated alkanes) is 33. The van der Waals surface area contributed by atoms with E-state index in [1.165, 1.54) is 180 Å². The highest BCUT2D eigenvalue weighted by Gasteiger charge is 2.44. The largest absolute Gasteiger partial charge is 0.394 e. The zero-order chi connectivity index (χ0) is 52.9. The highest BCUT2D eigenvalue weighted by atomic mass is 16.7. The standard InChI is InChI=1S/C64H117NO8/c1-3-5-7-9-11-13-15-17-19-21-23-25-27-29-31-33-35-37-39-41-43-45-47-49-51-53-58(67)57(56-72-64-63(71)62(70)61(69)59(55-66)73-64)65-60(68)54-52-50-48-46-44-42-40-38-36-34-32-30-28-26-24-22-20-18-16-14-12-10-8-6-4-2/h6,8,12,14,18,20,24,26,30,32,57-59,61-64,66-67,69-71H,3-5,7,9-11,13,15-17,19,21-23,25,27-29,31,33-56H2,1-2H3,(H,65,68)/b8-6-,14-12-,20-18-,26-24-,32-30-. The predicted octanol–water partition coefficient (Wildman–Crippen LogP) is 15.9. The minimum absolute atomic E-state index is 0.142. The van der Waals surface area contributed by atoms with Crippen LogP contribution < -0.4 is 5.32 Å². The number of allylic oxidation sites excluding steroid dienone is 10. The predicted molar refractivity (Wildman–Crippen MR) is 309 cm³/mol. The number of ether oxygens (including phenoxy) is 2. The molecule has 1 heterocycles. The van der Waals surface area contributed by atoms with Crippen LogP contribution in [0.1, 0.15) is 284 Å². The average molecular weight is 1030 g/mol. The van der Waals surface area contributed by atoms with Gasteiger partial charge in [-0.1, -0.05) is 280 Å². The van der Waals surface area contributed by atoms with Crippen molar-refractivity contribution in [2.24, 2.45) is 0 Å². The van der Waals surface area contributed by atoms with Crippen LogP contribution in [0, 0.1) is 0 Å². The van der Waals surface area contributed by atoms with Crippen LogP contribution in [0.15, 0.2) is 60.8 Å². The molecule has 1 amide bonds. The number of rotatable bonds is 53. The highest BCUT2D eigenvalue weighted by molar-refractivity contribution is 5.76. The number of carbonyl (C=O) groups excluding carboxylic acids is 1. The molecular formula is C64H117NO8. The van der Waals surface area contributed by atoms with Gasteiger partial charge in [-0.3, -0.25) is 4.79 Å². The second-order valence-electron chi connectivity index (χ2n) is 21.5. The first kappa shape index (κ1) is 68.9. The molecule has 1 rings (SSSR count). The smallest absolute Gasteiger partial charge is 0.220 e. The summed E-state index contributed by atoms with van der Waals surface area (Å²) in [6, 6.07) is -0.727. The molecule has 7 unspecified atom stereocenters. The number of aliphatic hydroxyl groups is 5. The Balaban J connectivity index is 2.19. The fourth-order valence-corrected chi connectivity index (χ4v) is 9.78. The molecule has 0 spiro atoms. The number of carbonyl (C=O) groups is 1. The van der Waals surface area contributed by atoms with Crippen LogP contribution in [0.4, 0.5) is 0 Å². The zero-order valence-electron chi connectivity index (χ0n) is 47.4. The van der Waals surface area contributed by atoms with Crippen LogP contribution in [-0.2, 0) is 14.3 Å². The fraction of sp³-hybridized carbons (Fsp3) is 0.828. The molecule has 1 aliphatic heterocycles. The molecule has 426 valence electrons. The Morgan fingerprint density at radius 2 is 0.849 bits per heavy atom. The minimum Gasteiger partial charge on any atom is -0.394 e. The minimum atomic E-state index is -1.56. The van der Waals surface area contributed by atoms with E-state index in [-0.39, 0.29) is 12.5 Å². The molecule has 0 aliphatic carbocycles. The molecule has 1 fully saturated rings. The molecule has 1 aliphatic rings.